The summed E-state index contributed by atoms with van der Waals surface area (Å²) in [5.41, 5.74) is 0.562. The number of ether oxygens (including phenoxy) is 1. The number of carboxylic acids is 1. The Morgan fingerprint density at radius 3 is 2.54 bits per heavy atom. The minimum Gasteiger partial charge on any atom is -0.479 e. The third kappa shape index (κ3) is 5.31. The van der Waals surface area contributed by atoms with Gasteiger partial charge in [-0.2, -0.15) is 0 Å². The maximum Gasteiger partial charge on any atom is 0.332 e. The predicted octanol–water partition coefficient (Wildman–Crippen LogP) is 1.32. The van der Waals surface area contributed by atoms with Crippen LogP contribution in [0.15, 0.2) is 28.7 Å². The van der Waals surface area contributed by atoms with E-state index in [-0.39, 0.29) is 11.8 Å². The van der Waals surface area contributed by atoms with Crippen LogP contribution in [0.25, 0.3) is 0 Å². The molecule has 0 bridgehead atoms. The number of amides is 2. The monoisotopic (exact) mass is 398 g/mol. The summed E-state index contributed by atoms with van der Waals surface area (Å²) in [5.74, 6) is -1.52. The van der Waals surface area contributed by atoms with Crippen molar-refractivity contribution in [3.8, 4) is 0 Å². The summed E-state index contributed by atoms with van der Waals surface area (Å²) in [7, 11) is 0. The third-order valence-corrected chi connectivity index (χ3v) is 4.11. The van der Waals surface area contributed by atoms with Crippen LogP contribution in [-0.2, 0) is 14.3 Å². The van der Waals surface area contributed by atoms with Gasteiger partial charge in [0.1, 0.15) is 6.10 Å². The lowest BCUT2D eigenvalue weighted by Gasteiger charge is -2.12. The van der Waals surface area contributed by atoms with Crippen molar-refractivity contribution >= 4 is 33.7 Å². The van der Waals surface area contributed by atoms with Gasteiger partial charge in [0, 0.05) is 23.1 Å². The van der Waals surface area contributed by atoms with Crippen LogP contribution in [-0.4, -0.2) is 48.2 Å². The first-order chi connectivity index (χ1) is 11.5. The molecule has 1 saturated heterocycles. The van der Waals surface area contributed by atoms with Crippen LogP contribution < -0.4 is 10.6 Å². The molecule has 7 nitrogen and oxygen atoms in total. The summed E-state index contributed by atoms with van der Waals surface area (Å²) in [6.45, 7) is 0.810. The van der Waals surface area contributed by atoms with Crippen LogP contribution >= 0.6 is 15.9 Å². The first kappa shape index (κ1) is 18.4. The number of carbonyl (C=O) groups excluding carboxylic acids is 2. The molecule has 2 amide bonds. The van der Waals surface area contributed by atoms with Gasteiger partial charge in [-0.25, -0.2) is 4.79 Å². The van der Waals surface area contributed by atoms with E-state index in [2.05, 4.69) is 26.6 Å². The minimum absolute atomic E-state index is 0.175. The van der Waals surface area contributed by atoms with Crippen molar-refractivity contribution in [1.82, 2.24) is 10.6 Å². The van der Waals surface area contributed by atoms with E-state index in [1.54, 1.807) is 18.2 Å². The summed E-state index contributed by atoms with van der Waals surface area (Å²) in [6.07, 6.45) is -0.286. The highest BCUT2D eigenvalue weighted by Gasteiger charge is 2.34. The van der Waals surface area contributed by atoms with Crippen molar-refractivity contribution in [2.45, 2.75) is 31.5 Å². The van der Waals surface area contributed by atoms with Gasteiger partial charge in [0.05, 0.1) is 0 Å². The van der Waals surface area contributed by atoms with E-state index in [0.29, 0.717) is 37.9 Å². The molecule has 1 aliphatic heterocycles. The number of benzene rings is 1. The maximum absolute atomic E-state index is 11.9. The average Bonchev–Trinajstić information content (AvgIpc) is 3.04. The SMILES string of the molecule is O=C(NCCCNC(=O)[C@@H]1CC[C@H](C(=O)O)O1)c1cccc(Br)c1. The number of carboxylic acid groups (broad SMARTS) is 1. The Morgan fingerprint density at radius 1 is 1.17 bits per heavy atom. The predicted molar refractivity (Wildman–Crippen MR) is 89.6 cm³/mol. The van der Waals surface area contributed by atoms with E-state index in [0.717, 1.165) is 4.47 Å². The normalized spacial score (nSPS) is 19.7. The van der Waals surface area contributed by atoms with Gasteiger partial charge in [0.15, 0.2) is 6.10 Å². The molecule has 130 valence electrons. The molecule has 0 unspecified atom stereocenters. The van der Waals surface area contributed by atoms with Gasteiger partial charge in [-0.3, -0.25) is 9.59 Å². The molecule has 2 atom stereocenters. The van der Waals surface area contributed by atoms with E-state index < -0.39 is 18.2 Å². The third-order valence-electron chi connectivity index (χ3n) is 3.61. The summed E-state index contributed by atoms with van der Waals surface area (Å²) in [5, 5.41) is 14.3. The zero-order valence-electron chi connectivity index (χ0n) is 13.0. The summed E-state index contributed by atoms with van der Waals surface area (Å²) >= 11 is 3.31. The molecule has 8 heteroatoms. The molecule has 0 aliphatic carbocycles. The second kappa shape index (κ2) is 8.79. The average molecular weight is 399 g/mol. The molecular weight excluding hydrogens is 380 g/mol. The Kier molecular flexibility index (Phi) is 6.74. The van der Waals surface area contributed by atoms with Gasteiger partial charge in [-0.1, -0.05) is 22.0 Å². The van der Waals surface area contributed by atoms with E-state index >= 15 is 0 Å². The van der Waals surface area contributed by atoms with Crippen LogP contribution in [0.4, 0.5) is 0 Å². The van der Waals surface area contributed by atoms with Crippen molar-refractivity contribution in [3.63, 3.8) is 0 Å². The molecule has 3 N–H and O–H groups in total. The molecule has 0 saturated carbocycles. The van der Waals surface area contributed by atoms with Crippen molar-refractivity contribution < 1.29 is 24.2 Å². The molecule has 0 spiro atoms. The van der Waals surface area contributed by atoms with Crippen LogP contribution in [0.1, 0.15) is 29.6 Å². The Morgan fingerprint density at radius 2 is 1.88 bits per heavy atom. The zero-order valence-corrected chi connectivity index (χ0v) is 14.5. The van der Waals surface area contributed by atoms with Gasteiger partial charge >= 0.3 is 5.97 Å². The number of carbonyl (C=O) groups is 3. The Bertz CT molecular complexity index is 622. The molecule has 0 aromatic heterocycles. The molecule has 0 radical (unpaired) electrons. The number of aliphatic carboxylic acids is 1. The van der Waals surface area contributed by atoms with Gasteiger partial charge < -0.3 is 20.5 Å². The highest BCUT2D eigenvalue weighted by Crippen LogP contribution is 2.19. The summed E-state index contributed by atoms with van der Waals surface area (Å²) in [4.78, 5) is 34.5. The first-order valence-electron chi connectivity index (χ1n) is 7.67. The molecular formula is C16H19BrN2O5. The lowest BCUT2D eigenvalue weighted by Crippen LogP contribution is -2.37. The highest BCUT2D eigenvalue weighted by atomic mass is 79.9. The largest absolute Gasteiger partial charge is 0.479 e. The zero-order chi connectivity index (χ0) is 17.5. The fraction of sp³-hybridized carbons (Fsp3) is 0.438. The Balaban J connectivity index is 1.62. The number of halogens is 1. The second-order valence-corrected chi connectivity index (χ2v) is 6.36. The Hall–Kier alpha value is -1.93. The molecule has 1 heterocycles. The van der Waals surface area contributed by atoms with E-state index in [1.807, 2.05) is 6.07 Å². The standard InChI is InChI=1S/C16H19BrN2O5/c17-11-4-1-3-10(9-11)14(20)18-7-2-8-19-15(21)12-5-6-13(24-12)16(22)23/h1,3-4,9,12-13H,2,5-8H2,(H,18,20)(H,19,21)(H,22,23)/t12-,13+/m0/s1. The number of rotatable bonds is 7. The van der Waals surface area contributed by atoms with Crippen molar-refractivity contribution in [2.75, 3.05) is 13.1 Å². The van der Waals surface area contributed by atoms with Crippen molar-refractivity contribution in [3.05, 3.63) is 34.3 Å². The maximum atomic E-state index is 11.9. The molecule has 24 heavy (non-hydrogen) atoms. The van der Waals surface area contributed by atoms with Gasteiger partial charge in [0.25, 0.3) is 5.91 Å². The molecule has 1 fully saturated rings. The van der Waals surface area contributed by atoms with E-state index in [1.165, 1.54) is 0 Å². The minimum atomic E-state index is -1.04. The fourth-order valence-corrected chi connectivity index (χ4v) is 2.76. The second-order valence-electron chi connectivity index (χ2n) is 5.44. The topological polar surface area (TPSA) is 105 Å². The molecule has 1 aromatic rings. The van der Waals surface area contributed by atoms with E-state index in [4.69, 9.17) is 9.84 Å². The number of nitrogens with one attached hydrogen (secondary N) is 2. The van der Waals surface area contributed by atoms with Crippen LogP contribution in [0.2, 0.25) is 0 Å². The van der Waals surface area contributed by atoms with Gasteiger partial charge in [0.2, 0.25) is 5.91 Å². The van der Waals surface area contributed by atoms with Crippen molar-refractivity contribution in [1.29, 1.82) is 0 Å². The van der Waals surface area contributed by atoms with Crippen LogP contribution in [0, 0.1) is 0 Å². The quantitative estimate of drug-likeness (QED) is 0.600. The first-order valence-corrected chi connectivity index (χ1v) is 8.46. The number of hydrogen-bond donors (Lipinski definition) is 3. The number of hydrogen-bond acceptors (Lipinski definition) is 4. The molecule has 1 aromatic carbocycles. The van der Waals surface area contributed by atoms with Crippen LogP contribution in [0.3, 0.4) is 0 Å². The lowest BCUT2D eigenvalue weighted by molar-refractivity contribution is -0.151. The van der Waals surface area contributed by atoms with E-state index in [9.17, 15) is 14.4 Å². The molecule has 2 rings (SSSR count). The lowest BCUT2D eigenvalue weighted by atomic mass is 10.2. The highest BCUT2D eigenvalue weighted by molar-refractivity contribution is 9.10. The summed E-state index contributed by atoms with van der Waals surface area (Å²) < 4.78 is 6.00. The van der Waals surface area contributed by atoms with Gasteiger partial charge in [-0.05, 0) is 37.5 Å². The fourth-order valence-electron chi connectivity index (χ4n) is 2.36. The van der Waals surface area contributed by atoms with Crippen LogP contribution in [0.5, 0.6) is 0 Å². The van der Waals surface area contributed by atoms with Gasteiger partial charge in [-0.15, -0.1) is 0 Å². The smallest absolute Gasteiger partial charge is 0.332 e. The Labute approximate surface area is 147 Å². The van der Waals surface area contributed by atoms with Crippen molar-refractivity contribution in [2.24, 2.45) is 0 Å². The molecule has 1 aliphatic rings. The summed E-state index contributed by atoms with van der Waals surface area (Å²) in [6, 6.07) is 7.07.